The van der Waals surface area contributed by atoms with Crippen molar-refractivity contribution in [2.75, 3.05) is 32.8 Å². The zero-order chi connectivity index (χ0) is 14.8. The molecule has 0 radical (unpaired) electrons. The molecule has 0 aromatic carbocycles. The van der Waals surface area contributed by atoms with Crippen molar-refractivity contribution >= 4 is 11.8 Å². The van der Waals surface area contributed by atoms with Gasteiger partial charge in [-0.1, -0.05) is 0 Å². The first-order valence-corrected chi connectivity index (χ1v) is 6.61. The average molecular weight is 294 g/mol. The molecule has 2 aliphatic heterocycles. The van der Waals surface area contributed by atoms with Crippen LogP contribution in [0.25, 0.3) is 0 Å². The van der Waals surface area contributed by atoms with E-state index in [1.165, 1.54) is 4.90 Å². The van der Waals surface area contributed by atoms with Crippen LogP contribution in [0, 0.1) is 0 Å². The molecular weight excluding hydrogens is 277 g/mol. The second-order valence-electron chi connectivity index (χ2n) is 4.99. The first kappa shape index (κ1) is 15.1. The Kier molecular flexibility index (Phi) is 4.52. The summed E-state index contributed by atoms with van der Waals surface area (Å²) in [7, 11) is 0. The highest BCUT2D eigenvalue weighted by molar-refractivity contribution is 5.90. The zero-order valence-electron chi connectivity index (χ0n) is 11.0. The lowest BCUT2D eigenvalue weighted by Gasteiger charge is -2.25. The van der Waals surface area contributed by atoms with E-state index in [-0.39, 0.29) is 37.9 Å². The molecule has 8 heteroatoms. The summed E-state index contributed by atoms with van der Waals surface area (Å²) in [4.78, 5) is 27.1. The van der Waals surface area contributed by atoms with Crippen molar-refractivity contribution in [1.82, 2.24) is 9.80 Å². The third kappa shape index (κ3) is 3.62. The lowest BCUT2D eigenvalue weighted by molar-refractivity contribution is -0.174. The van der Waals surface area contributed by atoms with Gasteiger partial charge >= 0.3 is 6.18 Å². The van der Waals surface area contributed by atoms with Crippen LogP contribution in [0.3, 0.4) is 0 Å². The lowest BCUT2D eigenvalue weighted by Crippen LogP contribution is -2.44. The molecule has 2 heterocycles. The second kappa shape index (κ2) is 5.99. The van der Waals surface area contributed by atoms with Crippen LogP contribution in [0.4, 0.5) is 13.2 Å². The standard InChI is InChI=1S/C12H17F3N2O3/c13-12(14,15)8-20-7-6-16-5-3-10(18)17-4-1-2-9(17)11(16)19/h9H,1-8H2. The molecule has 2 aliphatic rings. The molecule has 0 bridgehead atoms. The van der Waals surface area contributed by atoms with Gasteiger partial charge in [-0.05, 0) is 12.8 Å². The minimum atomic E-state index is -4.36. The van der Waals surface area contributed by atoms with Crippen molar-refractivity contribution in [2.45, 2.75) is 31.5 Å². The van der Waals surface area contributed by atoms with Crippen LogP contribution in [0.2, 0.25) is 0 Å². The third-order valence-electron chi connectivity index (χ3n) is 3.54. The Morgan fingerprint density at radius 2 is 2.00 bits per heavy atom. The first-order valence-electron chi connectivity index (χ1n) is 6.61. The molecule has 2 rings (SSSR count). The average Bonchev–Trinajstić information content (AvgIpc) is 2.81. The summed E-state index contributed by atoms with van der Waals surface area (Å²) in [6, 6.07) is -0.437. The lowest BCUT2D eigenvalue weighted by atomic mass is 10.2. The molecule has 1 atom stereocenters. The normalized spacial score (nSPS) is 24.1. The monoisotopic (exact) mass is 294 g/mol. The van der Waals surface area contributed by atoms with E-state index in [1.54, 1.807) is 4.90 Å². The van der Waals surface area contributed by atoms with Crippen molar-refractivity contribution in [3.8, 4) is 0 Å². The summed E-state index contributed by atoms with van der Waals surface area (Å²) in [6.45, 7) is -0.560. The van der Waals surface area contributed by atoms with E-state index in [2.05, 4.69) is 4.74 Å². The predicted octanol–water partition coefficient (Wildman–Crippen LogP) is 0.789. The van der Waals surface area contributed by atoms with Crippen LogP contribution in [0.15, 0.2) is 0 Å². The predicted molar refractivity (Wildman–Crippen MR) is 62.8 cm³/mol. The van der Waals surface area contributed by atoms with Gasteiger partial charge < -0.3 is 14.5 Å². The van der Waals surface area contributed by atoms with Gasteiger partial charge in [0.1, 0.15) is 12.6 Å². The molecule has 0 spiro atoms. The number of carbonyl (C=O) groups is 2. The zero-order valence-corrected chi connectivity index (χ0v) is 11.0. The quantitative estimate of drug-likeness (QED) is 0.720. The molecule has 0 aliphatic carbocycles. The van der Waals surface area contributed by atoms with E-state index in [0.29, 0.717) is 13.0 Å². The van der Waals surface area contributed by atoms with Crippen molar-refractivity contribution < 1.29 is 27.5 Å². The van der Waals surface area contributed by atoms with E-state index in [0.717, 1.165) is 6.42 Å². The Morgan fingerprint density at radius 3 is 2.70 bits per heavy atom. The van der Waals surface area contributed by atoms with Gasteiger partial charge in [0.05, 0.1) is 6.61 Å². The van der Waals surface area contributed by atoms with E-state index >= 15 is 0 Å². The van der Waals surface area contributed by atoms with Crippen molar-refractivity contribution in [2.24, 2.45) is 0 Å². The van der Waals surface area contributed by atoms with Crippen LogP contribution >= 0.6 is 0 Å². The molecule has 0 saturated carbocycles. The number of carbonyl (C=O) groups excluding carboxylic acids is 2. The molecule has 114 valence electrons. The molecule has 2 saturated heterocycles. The number of rotatable bonds is 4. The van der Waals surface area contributed by atoms with Crippen LogP contribution in [0.5, 0.6) is 0 Å². The maximum atomic E-state index is 12.2. The van der Waals surface area contributed by atoms with Gasteiger partial charge in [0.15, 0.2) is 0 Å². The van der Waals surface area contributed by atoms with Gasteiger partial charge in [0.2, 0.25) is 11.8 Å². The summed E-state index contributed by atoms with van der Waals surface area (Å²) in [5.41, 5.74) is 0. The van der Waals surface area contributed by atoms with E-state index in [9.17, 15) is 22.8 Å². The molecule has 0 aromatic rings. The van der Waals surface area contributed by atoms with Crippen LogP contribution in [-0.2, 0) is 14.3 Å². The molecule has 20 heavy (non-hydrogen) atoms. The van der Waals surface area contributed by atoms with Crippen molar-refractivity contribution in [1.29, 1.82) is 0 Å². The largest absolute Gasteiger partial charge is 0.411 e. The minimum Gasteiger partial charge on any atom is -0.370 e. The first-order chi connectivity index (χ1) is 9.38. The maximum absolute atomic E-state index is 12.2. The number of halogens is 3. The summed E-state index contributed by atoms with van der Waals surface area (Å²) in [6.07, 6.45) is -2.71. The van der Waals surface area contributed by atoms with Crippen LogP contribution in [-0.4, -0.2) is 66.7 Å². The summed E-state index contributed by atoms with van der Waals surface area (Å²) >= 11 is 0. The van der Waals surface area contributed by atoms with Gasteiger partial charge in [-0.25, -0.2) is 0 Å². The maximum Gasteiger partial charge on any atom is 0.411 e. The highest BCUT2D eigenvalue weighted by Gasteiger charge is 2.39. The highest BCUT2D eigenvalue weighted by atomic mass is 19.4. The molecule has 0 N–H and O–H groups in total. The number of amides is 2. The Balaban J connectivity index is 1.85. The highest BCUT2D eigenvalue weighted by Crippen LogP contribution is 2.23. The Bertz CT molecular complexity index is 387. The van der Waals surface area contributed by atoms with Gasteiger partial charge in [-0.3, -0.25) is 9.59 Å². The number of alkyl halides is 3. The SMILES string of the molecule is O=C1C2CCCN2C(=O)CCN1CCOCC(F)(F)F. The van der Waals surface area contributed by atoms with Gasteiger partial charge in [0, 0.05) is 26.1 Å². The number of nitrogens with zero attached hydrogens (tertiary/aromatic N) is 2. The fourth-order valence-corrected chi connectivity index (χ4v) is 2.60. The fourth-order valence-electron chi connectivity index (χ4n) is 2.60. The summed E-state index contributed by atoms with van der Waals surface area (Å²) in [5.74, 6) is -0.233. The third-order valence-corrected chi connectivity index (χ3v) is 3.54. The minimum absolute atomic E-state index is 0.0560. The van der Waals surface area contributed by atoms with Crippen molar-refractivity contribution in [3.63, 3.8) is 0 Å². The fraction of sp³-hybridized carbons (Fsp3) is 0.833. The van der Waals surface area contributed by atoms with E-state index in [4.69, 9.17) is 0 Å². The Hall–Kier alpha value is -1.31. The second-order valence-corrected chi connectivity index (χ2v) is 4.99. The topological polar surface area (TPSA) is 49.9 Å². The van der Waals surface area contributed by atoms with Gasteiger partial charge in [0.25, 0.3) is 0 Å². The number of fused-ring (bicyclic) bond motifs is 1. The molecule has 5 nitrogen and oxygen atoms in total. The molecule has 0 aromatic heterocycles. The van der Waals surface area contributed by atoms with Crippen LogP contribution < -0.4 is 0 Å². The molecule has 2 amide bonds. The van der Waals surface area contributed by atoms with Crippen molar-refractivity contribution in [3.05, 3.63) is 0 Å². The Morgan fingerprint density at radius 1 is 1.25 bits per heavy atom. The molecule has 2 fully saturated rings. The van der Waals surface area contributed by atoms with E-state index < -0.39 is 18.8 Å². The molecular formula is C12H17F3N2O3. The summed E-state index contributed by atoms with van der Waals surface area (Å²) in [5, 5.41) is 0. The Labute approximate surface area is 114 Å². The summed E-state index contributed by atoms with van der Waals surface area (Å²) < 4.78 is 40.3. The van der Waals surface area contributed by atoms with Gasteiger partial charge in [-0.15, -0.1) is 0 Å². The molecule has 1 unspecified atom stereocenters. The van der Waals surface area contributed by atoms with Crippen LogP contribution in [0.1, 0.15) is 19.3 Å². The number of ether oxygens (including phenoxy) is 1. The number of hydrogen-bond acceptors (Lipinski definition) is 3. The smallest absolute Gasteiger partial charge is 0.370 e. The number of hydrogen-bond donors (Lipinski definition) is 0. The van der Waals surface area contributed by atoms with E-state index in [1.807, 2.05) is 0 Å². The van der Waals surface area contributed by atoms with Gasteiger partial charge in [-0.2, -0.15) is 13.2 Å².